The molecule has 1 heterocycles. The number of carbonyl (C=O) groups is 2. The Morgan fingerprint density at radius 1 is 0.613 bits per heavy atom. The largest absolute Gasteiger partial charge is 0.424 e. The van der Waals surface area contributed by atoms with Crippen LogP contribution in [-0.2, 0) is 0 Å². The van der Waals surface area contributed by atoms with Crippen LogP contribution in [0.25, 0.3) is 0 Å². The number of aromatic nitrogens is 3. The molecule has 0 aliphatic carbocycles. The Morgan fingerprint density at radius 3 is 1.55 bits per heavy atom. The number of aldehydes is 2. The van der Waals surface area contributed by atoms with Gasteiger partial charge in [-0.25, -0.2) is 0 Å². The zero-order valence-electron chi connectivity index (χ0n) is 16.1. The number of hydrogen-bond acceptors (Lipinski definition) is 8. The molecule has 0 saturated carbocycles. The summed E-state index contributed by atoms with van der Waals surface area (Å²) in [4.78, 5) is 34.4. The summed E-state index contributed by atoms with van der Waals surface area (Å²) in [6, 6.07) is 22.4. The Hall–Kier alpha value is -4.59. The summed E-state index contributed by atoms with van der Waals surface area (Å²) < 4.78 is 11.5. The fourth-order valence-corrected chi connectivity index (χ4v) is 2.58. The van der Waals surface area contributed by atoms with Gasteiger partial charge in [0.15, 0.2) is 0 Å². The summed E-state index contributed by atoms with van der Waals surface area (Å²) >= 11 is 0. The molecule has 31 heavy (non-hydrogen) atoms. The Bertz CT molecular complexity index is 1110. The highest BCUT2D eigenvalue weighted by Crippen LogP contribution is 2.25. The molecule has 8 nitrogen and oxygen atoms in total. The van der Waals surface area contributed by atoms with Crippen molar-refractivity contribution in [3.63, 3.8) is 0 Å². The average molecular weight is 412 g/mol. The van der Waals surface area contributed by atoms with Crippen molar-refractivity contribution in [2.45, 2.75) is 0 Å². The van der Waals surface area contributed by atoms with E-state index >= 15 is 0 Å². The number of rotatable bonds is 8. The van der Waals surface area contributed by atoms with Gasteiger partial charge in [0.1, 0.15) is 24.1 Å². The zero-order valence-corrected chi connectivity index (χ0v) is 16.1. The Morgan fingerprint density at radius 2 is 1.10 bits per heavy atom. The van der Waals surface area contributed by atoms with E-state index in [1.54, 1.807) is 48.5 Å². The molecule has 0 saturated heterocycles. The highest BCUT2D eigenvalue weighted by Gasteiger charge is 2.11. The molecule has 0 spiro atoms. The number of carbonyl (C=O) groups excluding carboxylic acids is 2. The lowest BCUT2D eigenvalue weighted by atomic mass is 10.2. The molecule has 4 aromatic rings. The first kappa shape index (κ1) is 19.7. The molecule has 0 unspecified atom stereocenters. The average Bonchev–Trinajstić information content (AvgIpc) is 2.81. The first-order chi connectivity index (χ1) is 15.2. The highest BCUT2D eigenvalue weighted by molar-refractivity contribution is 5.75. The second-order valence-electron chi connectivity index (χ2n) is 6.29. The van der Waals surface area contributed by atoms with Crippen molar-refractivity contribution in [3.05, 3.63) is 90.0 Å². The summed E-state index contributed by atoms with van der Waals surface area (Å²) in [5.74, 6) is 1.12. The Labute approximate surface area is 177 Å². The SMILES string of the molecule is O=Cc1ccc(Oc2nc(Nc3ccccc3)nc(Oc3ccc(C=O)cc3)n2)cc1. The van der Waals surface area contributed by atoms with Crippen LogP contribution < -0.4 is 14.8 Å². The molecule has 0 atom stereocenters. The molecule has 1 N–H and O–H groups in total. The Kier molecular flexibility index (Phi) is 5.90. The summed E-state index contributed by atoms with van der Waals surface area (Å²) in [6.07, 6.45) is 1.49. The van der Waals surface area contributed by atoms with Crippen LogP contribution in [0.15, 0.2) is 78.9 Å². The summed E-state index contributed by atoms with van der Waals surface area (Å²) in [6.45, 7) is 0. The van der Waals surface area contributed by atoms with Crippen LogP contribution in [0.4, 0.5) is 11.6 Å². The van der Waals surface area contributed by atoms with Crippen molar-refractivity contribution in [1.29, 1.82) is 0 Å². The quantitative estimate of drug-likeness (QED) is 0.411. The van der Waals surface area contributed by atoms with Gasteiger partial charge in [0.2, 0.25) is 5.95 Å². The van der Waals surface area contributed by atoms with E-state index in [-0.39, 0.29) is 18.0 Å². The van der Waals surface area contributed by atoms with Gasteiger partial charge in [0.25, 0.3) is 0 Å². The lowest BCUT2D eigenvalue weighted by Gasteiger charge is -2.10. The highest BCUT2D eigenvalue weighted by atomic mass is 16.5. The normalized spacial score (nSPS) is 10.2. The second-order valence-corrected chi connectivity index (χ2v) is 6.29. The van der Waals surface area contributed by atoms with Crippen molar-refractivity contribution in [3.8, 4) is 23.5 Å². The van der Waals surface area contributed by atoms with E-state index in [1.807, 2.05) is 30.3 Å². The molecule has 8 heteroatoms. The molecule has 1 aromatic heterocycles. The van der Waals surface area contributed by atoms with E-state index in [4.69, 9.17) is 9.47 Å². The number of para-hydroxylation sites is 1. The minimum atomic E-state index is 0.00629. The maximum Gasteiger partial charge on any atom is 0.330 e. The van der Waals surface area contributed by atoms with Crippen molar-refractivity contribution in [2.75, 3.05) is 5.32 Å². The number of nitrogens with one attached hydrogen (secondary N) is 1. The van der Waals surface area contributed by atoms with E-state index in [0.29, 0.717) is 22.6 Å². The topological polar surface area (TPSA) is 103 Å². The molecule has 0 bridgehead atoms. The van der Waals surface area contributed by atoms with E-state index in [0.717, 1.165) is 18.3 Å². The summed E-state index contributed by atoms with van der Waals surface area (Å²) in [5, 5.41) is 3.08. The summed E-state index contributed by atoms with van der Waals surface area (Å²) in [7, 11) is 0. The van der Waals surface area contributed by atoms with Gasteiger partial charge in [0.05, 0.1) is 0 Å². The monoisotopic (exact) mass is 412 g/mol. The number of ether oxygens (including phenoxy) is 2. The van der Waals surface area contributed by atoms with Gasteiger partial charge in [0, 0.05) is 16.8 Å². The van der Waals surface area contributed by atoms with Crippen LogP contribution >= 0.6 is 0 Å². The van der Waals surface area contributed by atoms with Gasteiger partial charge in [-0.2, -0.15) is 9.97 Å². The molecule has 0 radical (unpaired) electrons. The van der Waals surface area contributed by atoms with Crippen LogP contribution in [0.3, 0.4) is 0 Å². The molecule has 0 fully saturated rings. The first-order valence-corrected chi connectivity index (χ1v) is 9.26. The third-order valence-corrected chi connectivity index (χ3v) is 4.07. The van der Waals surface area contributed by atoms with Crippen LogP contribution in [0.2, 0.25) is 0 Å². The maximum atomic E-state index is 10.8. The zero-order chi connectivity index (χ0) is 21.5. The molecule has 0 aliphatic rings. The van der Waals surface area contributed by atoms with Gasteiger partial charge in [-0.3, -0.25) is 9.59 Å². The maximum absolute atomic E-state index is 10.8. The molecule has 0 amide bonds. The third kappa shape index (κ3) is 5.27. The van der Waals surface area contributed by atoms with E-state index in [2.05, 4.69) is 20.3 Å². The van der Waals surface area contributed by atoms with Crippen molar-refractivity contribution in [1.82, 2.24) is 15.0 Å². The minimum Gasteiger partial charge on any atom is -0.424 e. The van der Waals surface area contributed by atoms with Gasteiger partial charge in [-0.05, 0) is 60.7 Å². The first-order valence-electron chi connectivity index (χ1n) is 9.26. The van der Waals surface area contributed by atoms with E-state index in [1.165, 1.54) is 0 Å². The van der Waals surface area contributed by atoms with Crippen LogP contribution in [0.5, 0.6) is 23.5 Å². The van der Waals surface area contributed by atoms with Gasteiger partial charge in [-0.15, -0.1) is 4.98 Å². The van der Waals surface area contributed by atoms with E-state index in [9.17, 15) is 9.59 Å². The fraction of sp³-hybridized carbons (Fsp3) is 0. The Balaban J connectivity index is 1.63. The third-order valence-electron chi connectivity index (χ3n) is 4.07. The molecule has 0 aliphatic heterocycles. The predicted octanol–water partition coefficient (Wildman–Crippen LogP) is 4.82. The molecule has 3 aromatic carbocycles. The van der Waals surface area contributed by atoms with Gasteiger partial charge >= 0.3 is 12.0 Å². The standard InChI is InChI=1S/C23H16N4O4/c28-14-16-6-10-19(11-7-16)30-22-25-21(24-18-4-2-1-3-5-18)26-23(27-22)31-20-12-8-17(15-29)9-13-20/h1-15H,(H,24,25,26,27). The second kappa shape index (κ2) is 9.27. The minimum absolute atomic E-state index is 0.00629. The lowest BCUT2D eigenvalue weighted by Crippen LogP contribution is -2.03. The number of nitrogens with zero attached hydrogens (tertiary/aromatic N) is 3. The number of hydrogen-bond donors (Lipinski definition) is 1. The number of benzene rings is 3. The number of anilines is 2. The fourth-order valence-electron chi connectivity index (χ4n) is 2.58. The van der Waals surface area contributed by atoms with Crippen LogP contribution in [-0.4, -0.2) is 27.5 Å². The lowest BCUT2D eigenvalue weighted by molar-refractivity contribution is 0.111. The summed E-state index contributed by atoms with van der Waals surface area (Å²) in [5.41, 5.74) is 1.82. The van der Waals surface area contributed by atoms with Gasteiger partial charge in [-0.1, -0.05) is 18.2 Å². The van der Waals surface area contributed by atoms with Crippen molar-refractivity contribution >= 4 is 24.2 Å². The van der Waals surface area contributed by atoms with Crippen molar-refractivity contribution in [2.24, 2.45) is 0 Å². The van der Waals surface area contributed by atoms with Crippen LogP contribution in [0, 0.1) is 0 Å². The van der Waals surface area contributed by atoms with Gasteiger partial charge < -0.3 is 14.8 Å². The smallest absolute Gasteiger partial charge is 0.330 e. The molecule has 152 valence electrons. The van der Waals surface area contributed by atoms with Crippen LogP contribution in [0.1, 0.15) is 20.7 Å². The molecular formula is C23H16N4O4. The molecular weight excluding hydrogens is 396 g/mol. The molecule has 4 rings (SSSR count). The predicted molar refractivity (Wildman–Crippen MR) is 113 cm³/mol. The van der Waals surface area contributed by atoms with Crippen molar-refractivity contribution < 1.29 is 19.1 Å². The van der Waals surface area contributed by atoms with E-state index < -0.39 is 0 Å².